The minimum absolute atomic E-state index is 0.159. The molecule has 1 unspecified atom stereocenters. The highest BCUT2D eigenvalue weighted by Crippen LogP contribution is 2.45. The molecule has 0 bridgehead atoms. The number of nitrogens with one attached hydrogen (secondary N) is 3. The van der Waals surface area contributed by atoms with Gasteiger partial charge in [0.25, 0.3) is 17.7 Å². The zero-order valence-electron chi connectivity index (χ0n) is 30.8. The lowest BCUT2D eigenvalue weighted by Gasteiger charge is -2.59. The second-order valence-electron chi connectivity index (χ2n) is 15.1. The first kappa shape index (κ1) is 35.8. The number of nitrogens with zero attached hydrogens (tertiary/aromatic N) is 3. The van der Waals surface area contributed by atoms with E-state index < -0.39 is 17.4 Å². The maximum Gasteiger partial charge on any atom is 0.265 e. The molecule has 0 radical (unpaired) electrons. The van der Waals surface area contributed by atoms with Crippen LogP contribution in [0.5, 0.6) is 0 Å². The Morgan fingerprint density at radius 1 is 0.981 bits per heavy atom. The van der Waals surface area contributed by atoms with Crippen molar-refractivity contribution in [3.05, 3.63) is 117 Å². The Balaban J connectivity index is 0.987. The minimum Gasteiger partial charge on any atom is -0.381 e. The van der Waals surface area contributed by atoms with E-state index in [4.69, 9.17) is 9.72 Å². The van der Waals surface area contributed by atoms with Gasteiger partial charge >= 0.3 is 0 Å². The molecule has 2 fully saturated rings. The predicted octanol–water partition coefficient (Wildman–Crippen LogP) is 7.22. The topological polar surface area (TPSA) is 116 Å². The van der Waals surface area contributed by atoms with E-state index in [1.165, 1.54) is 17.4 Å². The van der Waals surface area contributed by atoms with Crippen LogP contribution in [0.3, 0.4) is 0 Å². The standard InChI is InChI=1S/C42H43FN6O4S/c1-25-18-31(41(4,45-22-25)48-23-42(24-48)13-16-53-17-14-42)38(50)46-30-10-8-28(9-11-30)40(52)49-15-12-29-20-34(39(51)47-35-27(3)6-5-7-32(35)43)54-37(29)36-33(49)19-26(2)21-44-36/h5-11,18-22,45H,12-17,23-24H2,1-4H3,(H,46,50)(H,47,51). The lowest BCUT2D eigenvalue weighted by molar-refractivity contribution is -0.127. The molecule has 8 rings (SSSR count). The number of aromatic nitrogens is 1. The number of halogens is 1. The van der Waals surface area contributed by atoms with E-state index in [1.807, 2.05) is 38.3 Å². The molecule has 0 saturated carbocycles. The Hall–Kier alpha value is -5.17. The van der Waals surface area contributed by atoms with Gasteiger partial charge in [0, 0.05) is 61.9 Å². The van der Waals surface area contributed by atoms with Crippen molar-refractivity contribution >= 4 is 46.1 Å². The maximum absolute atomic E-state index is 14.5. The zero-order chi connectivity index (χ0) is 37.8. The minimum atomic E-state index is -0.652. The third-order valence-corrected chi connectivity index (χ3v) is 12.4. The number of rotatable bonds is 6. The first-order valence-corrected chi connectivity index (χ1v) is 19.1. The highest BCUT2D eigenvalue weighted by molar-refractivity contribution is 7.17. The number of benzene rings is 2. The molecule has 3 N–H and O–H groups in total. The summed E-state index contributed by atoms with van der Waals surface area (Å²) in [6, 6.07) is 15.4. The largest absolute Gasteiger partial charge is 0.381 e. The molecule has 2 saturated heterocycles. The Labute approximate surface area is 318 Å². The number of pyridine rings is 1. The summed E-state index contributed by atoms with van der Waals surface area (Å²) in [6.45, 7) is 11.5. The molecular formula is C42H43FN6O4S. The first-order chi connectivity index (χ1) is 25.9. The van der Waals surface area contributed by atoms with Crippen LogP contribution in [0, 0.1) is 25.1 Å². The van der Waals surface area contributed by atoms with Crippen LogP contribution >= 0.6 is 11.3 Å². The van der Waals surface area contributed by atoms with Crippen LogP contribution in [0.2, 0.25) is 0 Å². The van der Waals surface area contributed by atoms with Gasteiger partial charge < -0.3 is 25.6 Å². The van der Waals surface area contributed by atoms with Crippen LogP contribution in [-0.4, -0.2) is 66.1 Å². The molecule has 0 aliphatic carbocycles. The van der Waals surface area contributed by atoms with E-state index in [9.17, 15) is 18.8 Å². The van der Waals surface area contributed by atoms with Crippen LogP contribution < -0.4 is 20.9 Å². The second-order valence-corrected chi connectivity index (χ2v) is 16.2. The highest BCUT2D eigenvalue weighted by Gasteiger charge is 2.52. The number of hydrogen-bond donors (Lipinski definition) is 3. The zero-order valence-corrected chi connectivity index (χ0v) is 31.7. The summed E-state index contributed by atoms with van der Waals surface area (Å²) in [5, 5.41) is 9.32. The van der Waals surface area contributed by atoms with Gasteiger partial charge in [-0.1, -0.05) is 12.1 Å². The van der Waals surface area contributed by atoms with E-state index >= 15 is 0 Å². The van der Waals surface area contributed by atoms with Gasteiger partial charge in [0.1, 0.15) is 17.2 Å². The average molecular weight is 747 g/mol. The summed E-state index contributed by atoms with van der Waals surface area (Å²) in [7, 11) is 0. The molecule has 4 aliphatic rings. The number of aryl methyl sites for hydroxylation is 2. The summed E-state index contributed by atoms with van der Waals surface area (Å²) in [5.74, 6) is -1.28. The van der Waals surface area contributed by atoms with Gasteiger partial charge in [-0.25, -0.2) is 4.39 Å². The van der Waals surface area contributed by atoms with Crippen molar-refractivity contribution in [2.75, 3.05) is 48.4 Å². The van der Waals surface area contributed by atoms with Crippen LogP contribution in [0.4, 0.5) is 21.5 Å². The lowest BCUT2D eigenvalue weighted by atomic mass is 9.71. The van der Waals surface area contributed by atoms with Crippen molar-refractivity contribution in [2.45, 2.75) is 52.6 Å². The van der Waals surface area contributed by atoms with Crippen molar-refractivity contribution < 1.29 is 23.5 Å². The molecule has 3 amide bonds. The fourth-order valence-corrected chi connectivity index (χ4v) is 9.04. The van der Waals surface area contributed by atoms with Gasteiger partial charge in [-0.15, -0.1) is 11.3 Å². The number of fused-ring (bicyclic) bond motifs is 3. The van der Waals surface area contributed by atoms with Crippen LogP contribution in [0.1, 0.15) is 63.4 Å². The quantitative estimate of drug-likeness (QED) is 0.191. The van der Waals surface area contributed by atoms with Gasteiger partial charge in [-0.3, -0.25) is 24.3 Å². The van der Waals surface area contributed by atoms with Crippen molar-refractivity contribution in [1.29, 1.82) is 0 Å². The number of anilines is 3. The molecule has 1 atom stereocenters. The molecular weight excluding hydrogens is 704 g/mol. The predicted molar refractivity (Wildman–Crippen MR) is 209 cm³/mol. The average Bonchev–Trinajstić information content (AvgIpc) is 3.51. The monoisotopic (exact) mass is 746 g/mol. The van der Waals surface area contributed by atoms with Gasteiger partial charge in [0.2, 0.25) is 0 Å². The maximum atomic E-state index is 14.5. The number of hydrogen-bond acceptors (Lipinski definition) is 8. The molecule has 12 heteroatoms. The number of amides is 3. The molecule has 4 aromatic rings. The number of likely N-dealkylation sites (tertiary alicyclic amines) is 1. The molecule has 6 heterocycles. The third kappa shape index (κ3) is 6.52. The van der Waals surface area contributed by atoms with Crippen LogP contribution in [-0.2, 0) is 16.0 Å². The summed E-state index contributed by atoms with van der Waals surface area (Å²) < 4.78 is 20.1. The number of ether oxygens (including phenoxy) is 1. The molecule has 1 spiro atoms. The van der Waals surface area contributed by atoms with Crippen molar-refractivity contribution in [2.24, 2.45) is 5.41 Å². The van der Waals surface area contributed by atoms with Crippen molar-refractivity contribution in [1.82, 2.24) is 15.2 Å². The number of thiophene rings is 1. The molecule has 2 aromatic carbocycles. The van der Waals surface area contributed by atoms with Crippen molar-refractivity contribution in [3.63, 3.8) is 0 Å². The van der Waals surface area contributed by atoms with Crippen LogP contribution in [0.15, 0.2) is 84.2 Å². The van der Waals surface area contributed by atoms with Gasteiger partial charge in [0.05, 0.1) is 26.7 Å². The Bertz CT molecular complexity index is 2210. The molecule has 4 aliphatic heterocycles. The number of para-hydroxylation sites is 1. The van der Waals surface area contributed by atoms with E-state index in [0.717, 1.165) is 60.7 Å². The van der Waals surface area contributed by atoms with E-state index in [1.54, 1.807) is 54.4 Å². The van der Waals surface area contributed by atoms with Crippen molar-refractivity contribution in [3.8, 4) is 10.6 Å². The molecule has 10 nitrogen and oxygen atoms in total. The fraction of sp³-hybridized carbons (Fsp3) is 0.333. The summed E-state index contributed by atoms with van der Waals surface area (Å²) in [5.41, 5.74) is 6.11. The summed E-state index contributed by atoms with van der Waals surface area (Å²) in [6.07, 6.45) is 8.24. The fourth-order valence-electron chi connectivity index (χ4n) is 7.93. The summed E-state index contributed by atoms with van der Waals surface area (Å²) in [4.78, 5) is 51.4. The first-order valence-electron chi connectivity index (χ1n) is 18.3. The number of dihydropyridines is 1. The molecule has 54 heavy (non-hydrogen) atoms. The summed E-state index contributed by atoms with van der Waals surface area (Å²) >= 11 is 1.28. The molecule has 2 aromatic heterocycles. The third-order valence-electron chi connectivity index (χ3n) is 11.2. The lowest BCUT2D eigenvalue weighted by Crippen LogP contribution is -2.71. The Morgan fingerprint density at radius 3 is 2.48 bits per heavy atom. The number of allylic oxidation sites excluding steroid dienone is 2. The molecule has 278 valence electrons. The number of carbonyl (C=O) groups excluding carboxylic acids is 3. The van der Waals surface area contributed by atoms with Gasteiger partial charge in [-0.2, -0.15) is 0 Å². The van der Waals surface area contributed by atoms with Gasteiger partial charge in [-0.05, 0) is 118 Å². The SMILES string of the molecule is CC1=CNC(C)(N2CC3(CCOCC3)C2)C(C(=O)Nc2ccc(C(=O)N3CCc4cc(C(=O)Nc5c(C)cccc5F)sc4-c4ncc(C)cc43)cc2)=C1. The van der Waals surface area contributed by atoms with Gasteiger partial charge in [0.15, 0.2) is 0 Å². The number of carbonyl (C=O) groups is 3. The van der Waals surface area contributed by atoms with E-state index in [2.05, 4.69) is 27.8 Å². The Morgan fingerprint density at radius 2 is 1.74 bits per heavy atom. The Kier molecular flexibility index (Phi) is 9.23. The normalized spacial score (nSPS) is 20.4. The highest BCUT2D eigenvalue weighted by atomic mass is 32.1. The second kappa shape index (κ2) is 13.9. The van der Waals surface area contributed by atoms with Crippen LogP contribution in [0.25, 0.3) is 10.6 Å². The smallest absolute Gasteiger partial charge is 0.265 e. The van der Waals surface area contributed by atoms with E-state index in [-0.39, 0.29) is 22.9 Å². The van der Waals surface area contributed by atoms with E-state index in [0.29, 0.717) is 51.6 Å².